The predicted molar refractivity (Wildman–Crippen MR) is 99.5 cm³/mol. The summed E-state index contributed by atoms with van der Waals surface area (Å²) in [6.45, 7) is 2.73. The van der Waals surface area contributed by atoms with Crippen LogP contribution < -0.4 is 0 Å². The van der Waals surface area contributed by atoms with Crippen LogP contribution in [0.25, 0.3) is 5.57 Å². The van der Waals surface area contributed by atoms with Crippen LogP contribution in [-0.2, 0) is 0 Å². The van der Waals surface area contributed by atoms with Gasteiger partial charge < -0.3 is 0 Å². The molecule has 0 spiro atoms. The van der Waals surface area contributed by atoms with Gasteiger partial charge in [0.2, 0.25) is 0 Å². The van der Waals surface area contributed by atoms with Crippen LogP contribution in [0.5, 0.6) is 0 Å². The van der Waals surface area contributed by atoms with Gasteiger partial charge in [-0.05, 0) is 66.7 Å². The van der Waals surface area contributed by atoms with Crippen LogP contribution >= 0.6 is 0 Å². The Morgan fingerprint density at radius 3 is 2.20 bits per heavy atom. The summed E-state index contributed by atoms with van der Waals surface area (Å²) >= 11 is 0. The zero-order chi connectivity index (χ0) is 18.2. The van der Waals surface area contributed by atoms with Gasteiger partial charge in [0.25, 0.3) is 0 Å². The van der Waals surface area contributed by atoms with Gasteiger partial charge in [0.05, 0.1) is 0 Å². The highest BCUT2D eigenvalue weighted by molar-refractivity contribution is 5.67. The van der Waals surface area contributed by atoms with Gasteiger partial charge in [-0.25, -0.2) is 13.2 Å². The number of halogens is 3. The quantitative estimate of drug-likeness (QED) is 0.442. The van der Waals surface area contributed by atoms with Crippen LogP contribution in [0.4, 0.5) is 13.2 Å². The Hall–Kier alpha value is -1.51. The first-order valence-corrected chi connectivity index (χ1v) is 9.50. The van der Waals surface area contributed by atoms with E-state index in [1.165, 1.54) is 44.1 Å². The average Bonchev–Trinajstić information content (AvgIpc) is 2.66. The molecule has 0 bridgehead atoms. The first-order chi connectivity index (χ1) is 12.1. The summed E-state index contributed by atoms with van der Waals surface area (Å²) in [6, 6.07) is 8.17. The van der Waals surface area contributed by atoms with Crippen molar-refractivity contribution in [1.82, 2.24) is 0 Å². The van der Waals surface area contributed by atoms with Crippen LogP contribution in [0, 0.1) is 5.92 Å². The van der Waals surface area contributed by atoms with Gasteiger partial charge in [-0.3, -0.25) is 0 Å². The van der Waals surface area contributed by atoms with Crippen LogP contribution in [0.1, 0.15) is 75.8 Å². The third-order valence-electron chi connectivity index (χ3n) is 5.35. The Morgan fingerprint density at radius 1 is 1.04 bits per heavy atom. The topological polar surface area (TPSA) is 0 Å². The Bertz CT molecular complexity index is 590. The van der Waals surface area contributed by atoms with E-state index in [9.17, 15) is 13.2 Å². The molecule has 2 rings (SSSR count). The second-order valence-electron chi connectivity index (χ2n) is 7.04. The fourth-order valence-electron chi connectivity index (χ4n) is 3.85. The largest absolute Gasteiger partial charge is 0.243 e. The lowest BCUT2D eigenvalue weighted by Gasteiger charge is -2.28. The van der Waals surface area contributed by atoms with E-state index in [1.807, 2.05) is 19.1 Å². The maximum Gasteiger partial charge on any atom is 0.166 e. The van der Waals surface area contributed by atoms with E-state index in [4.69, 9.17) is 0 Å². The molecule has 1 saturated carbocycles. The van der Waals surface area contributed by atoms with Gasteiger partial charge in [0.15, 0.2) is 11.7 Å². The van der Waals surface area contributed by atoms with Gasteiger partial charge in [0.1, 0.15) is 6.67 Å². The zero-order valence-electron chi connectivity index (χ0n) is 15.3. The van der Waals surface area contributed by atoms with E-state index in [0.29, 0.717) is 17.9 Å². The summed E-state index contributed by atoms with van der Waals surface area (Å²) in [5.41, 5.74) is 2.88. The fourth-order valence-corrected chi connectivity index (χ4v) is 3.85. The maximum absolute atomic E-state index is 13.6. The molecule has 0 amide bonds. The van der Waals surface area contributed by atoms with E-state index >= 15 is 0 Å². The number of rotatable bonds is 7. The van der Waals surface area contributed by atoms with E-state index in [2.05, 4.69) is 19.1 Å². The van der Waals surface area contributed by atoms with Gasteiger partial charge >= 0.3 is 0 Å². The van der Waals surface area contributed by atoms with E-state index in [-0.39, 0.29) is 0 Å². The van der Waals surface area contributed by atoms with Crippen molar-refractivity contribution >= 4 is 5.57 Å². The number of hydrogen-bond acceptors (Lipinski definition) is 0. The standard InChI is InChI=1S/C22H29F3/c1-3-5-16-6-8-19(9-7-16)20-12-10-18(11-13-20)17(4-2)14-21(24)22(25)15-23/h10-14,16,19H,3-9,15H2,1-2H3/b17-14+,22-21-. The first-order valence-electron chi connectivity index (χ1n) is 9.50. The van der Waals surface area contributed by atoms with Gasteiger partial charge in [-0.2, -0.15) is 0 Å². The van der Waals surface area contributed by atoms with Crippen molar-refractivity contribution in [3.05, 3.63) is 53.1 Å². The molecule has 3 heteroatoms. The van der Waals surface area contributed by atoms with E-state index in [0.717, 1.165) is 17.6 Å². The monoisotopic (exact) mass is 350 g/mol. The molecule has 138 valence electrons. The molecular formula is C22H29F3. The zero-order valence-corrected chi connectivity index (χ0v) is 15.3. The smallest absolute Gasteiger partial charge is 0.166 e. The molecule has 1 fully saturated rings. The summed E-state index contributed by atoms with van der Waals surface area (Å²) in [5, 5.41) is 0. The van der Waals surface area contributed by atoms with Crippen LogP contribution in [-0.4, -0.2) is 6.67 Å². The SMILES string of the molecule is CCCC1CCC(c2ccc(/C(=C/C(F)=C(/F)CF)CC)cc2)CC1. The number of hydrogen-bond donors (Lipinski definition) is 0. The van der Waals surface area contributed by atoms with Gasteiger partial charge in [-0.15, -0.1) is 0 Å². The molecule has 0 aromatic heterocycles. The first kappa shape index (κ1) is 19.8. The second kappa shape index (κ2) is 9.84. The van der Waals surface area contributed by atoms with Gasteiger partial charge in [-0.1, -0.05) is 51.0 Å². The molecule has 1 aromatic carbocycles. The Morgan fingerprint density at radius 2 is 1.68 bits per heavy atom. The van der Waals surface area contributed by atoms with Crippen molar-refractivity contribution in [3.63, 3.8) is 0 Å². The Balaban J connectivity index is 2.07. The molecule has 25 heavy (non-hydrogen) atoms. The molecule has 1 aliphatic carbocycles. The molecule has 0 radical (unpaired) electrons. The van der Waals surface area contributed by atoms with Gasteiger partial charge in [0, 0.05) is 0 Å². The number of benzene rings is 1. The summed E-state index contributed by atoms with van der Waals surface area (Å²) < 4.78 is 38.8. The molecule has 0 aliphatic heterocycles. The Kier molecular flexibility index (Phi) is 7.80. The van der Waals surface area contributed by atoms with E-state index < -0.39 is 18.3 Å². The highest BCUT2D eigenvalue weighted by Gasteiger charge is 2.21. The van der Waals surface area contributed by atoms with Crippen LogP contribution in [0.2, 0.25) is 0 Å². The third kappa shape index (κ3) is 5.49. The van der Waals surface area contributed by atoms with Crippen molar-refractivity contribution in [2.24, 2.45) is 5.92 Å². The lowest BCUT2D eigenvalue weighted by Crippen LogP contribution is -2.13. The summed E-state index contributed by atoms with van der Waals surface area (Å²) in [7, 11) is 0. The predicted octanol–water partition coefficient (Wildman–Crippen LogP) is 7.67. The van der Waals surface area contributed by atoms with Crippen molar-refractivity contribution in [2.75, 3.05) is 6.67 Å². The molecule has 0 heterocycles. The molecule has 1 aliphatic rings. The maximum atomic E-state index is 13.6. The normalized spacial score (nSPS) is 22.7. The Labute approximate surface area is 149 Å². The van der Waals surface area contributed by atoms with Crippen molar-refractivity contribution in [2.45, 2.75) is 64.7 Å². The molecule has 0 nitrogen and oxygen atoms in total. The van der Waals surface area contributed by atoms with E-state index in [1.54, 1.807) is 0 Å². The lowest BCUT2D eigenvalue weighted by molar-refractivity contribution is 0.308. The fraction of sp³-hybridized carbons (Fsp3) is 0.545. The molecule has 0 unspecified atom stereocenters. The lowest BCUT2D eigenvalue weighted by atomic mass is 9.77. The van der Waals surface area contributed by atoms with Crippen LogP contribution in [0.15, 0.2) is 42.0 Å². The minimum absolute atomic E-state index is 0.564. The van der Waals surface area contributed by atoms with Crippen LogP contribution in [0.3, 0.4) is 0 Å². The number of allylic oxidation sites excluding steroid dienone is 4. The number of alkyl halides is 1. The minimum Gasteiger partial charge on any atom is -0.243 e. The summed E-state index contributed by atoms with van der Waals surface area (Å²) in [6.07, 6.45) is 9.36. The van der Waals surface area contributed by atoms with Crippen molar-refractivity contribution < 1.29 is 13.2 Å². The van der Waals surface area contributed by atoms with Crippen molar-refractivity contribution in [1.29, 1.82) is 0 Å². The van der Waals surface area contributed by atoms with Crippen molar-refractivity contribution in [3.8, 4) is 0 Å². The average molecular weight is 350 g/mol. The third-order valence-corrected chi connectivity index (χ3v) is 5.35. The highest BCUT2D eigenvalue weighted by atomic mass is 19.2. The summed E-state index contributed by atoms with van der Waals surface area (Å²) in [5.74, 6) is -0.962. The molecular weight excluding hydrogens is 321 g/mol. The molecule has 0 atom stereocenters. The highest BCUT2D eigenvalue weighted by Crippen LogP contribution is 2.37. The molecule has 0 N–H and O–H groups in total. The molecule has 1 aromatic rings. The second-order valence-corrected chi connectivity index (χ2v) is 7.04. The minimum atomic E-state index is -1.40. The molecule has 0 saturated heterocycles. The summed E-state index contributed by atoms with van der Waals surface area (Å²) in [4.78, 5) is 0.